The highest BCUT2D eigenvalue weighted by Crippen LogP contribution is 2.36. The van der Waals surface area contributed by atoms with E-state index in [9.17, 15) is 4.79 Å². The maximum absolute atomic E-state index is 13.0. The summed E-state index contributed by atoms with van der Waals surface area (Å²) in [6, 6.07) is 9.81. The zero-order valence-corrected chi connectivity index (χ0v) is 19.1. The first-order valence-electron chi connectivity index (χ1n) is 11.0. The molecule has 0 unspecified atom stereocenters. The summed E-state index contributed by atoms with van der Waals surface area (Å²) < 4.78 is 3.11. The van der Waals surface area contributed by atoms with Gasteiger partial charge in [0.25, 0.3) is 0 Å². The Morgan fingerprint density at radius 2 is 2.09 bits per heavy atom. The number of benzene rings is 1. The van der Waals surface area contributed by atoms with Gasteiger partial charge in [-0.2, -0.15) is 4.98 Å². The van der Waals surface area contributed by atoms with E-state index in [2.05, 4.69) is 27.1 Å². The number of hydrogen-bond acceptors (Lipinski definition) is 6. The molecule has 1 aliphatic heterocycles. The van der Waals surface area contributed by atoms with Crippen molar-refractivity contribution in [3.05, 3.63) is 65.9 Å². The molecule has 1 aromatic carbocycles. The Labute approximate surface area is 191 Å². The number of anilines is 1. The summed E-state index contributed by atoms with van der Waals surface area (Å²) >= 11 is 1.64. The Balaban J connectivity index is 1.41. The monoisotopic (exact) mass is 446 g/mol. The molecule has 7 nitrogen and oxygen atoms in total. The van der Waals surface area contributed by atoms with E-state index in [1.54, 1.807) is 11.3 Å². The Morgan fingerprint density at radius 1 is 1.25 bits per heavy atom. The van der Waals surface area contributed by atoms with Crippen molar-refractivity contribution in [2.24, 2.45) is 0 Å². The lowest BCUT2D eigenvalue weighted by molar-refractivity contribution is -0.122. The van der Waals surface area contributed by atoms with E-state index in [0.29, 0.717) is 6.54 Å². The highest BCUT2D eigenvalue weighted by atomic mass is 32.1. The third-order valence-corrected chi connectivity index (χ3v) is 7.09. The fraction of sp³-hybridized carbons (Fsp3) is 0.333. The summed E-state index contributed by atoms with van der Waals surface area (Å²) in [5.41, 5.74) is 5.07. The van der Waals surface area contributed by atoms with Crippen LogP contribution in [0.4, 0.5) is 5.13 Å². The minimum absolute atomic E-state index is 0.0591. The average molecular weight is 447 g/mol. The molecule has 4 aromatic rings. The fourth-order valence-electron chi connectivity index (χ4n) is 4.31. The number of rotatable bonds is 6. The number of pyridine rings is 1. The van der Waals surface area contributed by atoms with Crippen molar-refractivity contribution in [2.75, 3.05) is 11.4 Å². The molecule has 0 bridgehead atoms. The molecule has 32 heavy (non-hydrogen) atoms. The number of hydrogen-bond donors (Lipinski definition) is 1. The van der Waals surface area contributed by atoms with E-state index in [1.807, 2.05) is 60.5 Å². The molecule has 5 rings (SSSR count). The van der Waals surface area contributed by atoms with Gasteiger partial charge in [-0.25, -0.2) is 9.97 Å². The van der Waals surface area contributed by atoms with Gasteiger partial charge in [0, 0.05) is 19.3 Å². The summed E-state index contributed by atoms with van der Waals surface area (Å²) in [4.78, 5) is 28.9. The molecule has 1 atom stereocenters. The predicted molar refractivity (Wildman–Crippen MR) is 127 cm³/mol. The number of nitrogens with zero attached hydrogens (tertiary/aromatic N) is 5. The lowest BCUT2D eigenvalue weighted by Gasteiger charge is -2.23. The molecule has 1 N–H and O–H groups in total. The van der Waals surface area contributed by atoms with Crippen molar-refractivity contribution < 1.29 is 4.79 Å². The number of thiazole rings is 1. The Bertz CT molecular complexity index is 1250. The number of imidazole rings is 1. The maximum Gasteiger partial charge on any atom is 0.243 e. The van der Waals surface area contributed by atoms with Crippen LogP contribution in [0.3, 0.4) is 0 Å². The summed E-state index contributed by atoms with van der Waals surface area (Å²) in [7, 11) is 0. The predicted octanol–water partition coefficient (Wildman–Crippen LogP) is 4.03. The zero-order chi connectivity index (χ0) is 22.1. The van der Waals surface area contributed by atoms with Gasteiger partial charge in [-0.1, -0.05) is 48.6 Å². The van der Waals surface area contributed by atoms with Gasteiger partial charge in [0.1, 0.15) is 6.04 Å². The smallest absolute Gasteiger partial charge is 0.243 e. The van der Waals surface area contributed by atoms with Crippen molar-refractivity contribution in [3.63, 3.8) is 0 Å². The normalized spacial score (nSPS) is 16.1. The van der Waals surface area contributed by atoms with Crippen LogP contribution >= 0.6 is 11.3 Å². The molecule has 0 spiro atoms. The summed E-state index contributed by atoms with van der Waals surface area (Å²) in [6.45, 7) is 5.50. The van der Waals surface area contributed by atoms with E-state index in [0.717, 1.165) is 58.2 Å². The molecule has 1 fully saturated rings. The van der Waals surface area contributed by atoms with Crippen LogP contribution in [0.2, 0.25) is 0 Å². The number of carbonyl (C=O) groups excluding carboxylic acids is 1. The van der Waals surface area contributed by atoms with E-state index in [1.165, 1.54) is 5.56 Å². The minimum atomic E-state index is -0.194. The lowest BCUT2D eigenvalue weighted by atomic mass is 10.1. The first-order valence-corrected chi connectivity index (χ1v) is 11.8. The van der Waals surface area contributed by atoms with Gasteiger partial charge in [0.15, 0.2) is 10.8 Å². The van der Waals surface area contributed by atoms with Gasteiger partial charge in [-0.05, 0) is 37.3 Å². The molecule has 4 heterocycles. The quantitative estimate of drug-likeness (QED) is 0.484. The zero-order valence-electron chi connectivity index (χ0n) is 18.3. The van der Waals surface area contributed by atoms with Gasteiger partial charge in [0.05, 0.1) is 28.6 Å². The van der Waals surface area contributed by atoms with E-state index < -0.39 is 0 Å². The number of aromatic nitrogens is 4. The number of carbonyl (C=O) groups is 1. The highest BCUT2D eigenvalue weighted by Gasteiger charge is 2.33. The first-order chi connectivity index (χ1) is 15.6. The third-order valence-electron chi connectivity index (χ3n) is 5.94. The van der Waals surface area contributed by atoms with Crippen molar-refractivity contribution in [1.82, 2.24) is 24.8 Å². The van der Waals surface area contributed by atoms with E-state index in [-0.39, 0.29) is 11.9 Å². The second-order valence-electron chi connectivity index (χ2n) is 8.10. The second-order valence-corrected chi connectivity index (χ2v) is 9.08. The molecule has 3 aromatic heterocycles. The lowest BCUT2D eigenvalue weighted by Crippen LogP contribution is -2.43. The SMILES string of the molecule is CCc1c(-n2cnc(C)c2)cnc2nc(N3CCC[C@@H]3C(=O)NCc3ccccc3)sc12. The van der Waals surface area contributed by atoms with E-state index in [4.69, 9.17) is 4.98 Å². The molecule has 1 amide bonds. The molecule has 164 valence electrons. The van der Waals surface area contributed by atoms with Gasteiger partial charge in [-0.15, -0.1) is 0 Å². The topological polar surface area (TPSA) is 75.9 Å². The van der Waals surface area contributed by atoms with Crippen LogP contribution in [0.15, 0.2) is 49.1 Å². The van der Waals surface area contributed by atoms with Crippen LogP contribution in [0.25, 0.3) is 16.0 Å². The van der Waals surface area contributed by atoms with Crippen LogP contribution < -0.4 is 10.2 Å². The molecular formula is C24H26N6OS. The number of fused-ring (bicyclic) bond motifs is 1. The van der Waals surface area contributed by atoms with Crippen molar-refractivity contribution >= 4 is 32.7 Å². The molecule has 0 aliphatic carbocycles. The first kappa shape index (κ1) is 20.6. The summed E-state index contributed by atoms with van der Waals surface area (Å²) in [5, 5.41) is 3.97. The minimum Gasteiger partial charge on any atom is -0.350 e. The molecule has 0 saturated carbocycles. The summed E-state index contributed by atoms with van der Waals surface area (Å²) in [6.07, 6.45) is 8.40. The number of nitrogens with one attached hydrogen (secondary N) is 1. The van der Waals surface area contributed by atoms with Gasteiger partial charge >= 0.3 is 0 Å². The van der Waals surface area contributed by atoms with Gasteiger partial charge < -0.3 is 14.8 Å². The molecule has 8 heteroatoms. The van der Waals surface area contributed by atoms with Crippen LogP contribution in [-0.4, -0.2) is 38.0 Å². The highest BCUT2D eigenvalue weighted by molar-refractivity contribution is 7.22. The van der Waals surface area contributed by atoms with Gasteiger partial charge in [-0.3, -0.25) is 4.79 Å². The fourth-order valence-corrected chi connectivity index (χ4v) is 5.52. The van der Waals surface area contributed by atoms with Crippen LogP contribution in [0.1, 0.15) is 36.6 Å². The van der Waals surface area contributed by atoms with Crippen LogP contribution in [-0.2, 0) is 17.8 Å². The second kappa shape index (κ2) is 8.70. The van der Waals surface area contributed by atoms with Crippen LogP contribution in [0.5, 0.6) is 0 Å². The maximum atomic E-state index is 13.0. The van der Waals surface area contributed by atoms with Crippen molar-refractivity contribution in [1.29, 1.82) is 0 Å². The number of aryl methyl sites for hydroxylation is 2. The van der Waals surface area contributed by atoms with Crippen LogP contribution in [0, 0.1) is 6.92 Å². The molecule has 1 saturated heterocycles. The van der Waals surface area contributed by atoms with Crippen molar-refractivity contribution in [3.8, 4) is 5.69 Å². The molecule has 0 radical (unpaired) electrons. The average Bonchev–Trinajstić information content (AvgIpc) is 3.56. The molecule has 1 aliphatic rings. The van der Waals surface area contributed by atoms with Crippen molar-refractivity contribution in [2.45, 2.75) is 45.7 Å². The Morgan fingerprint density at radius 3 is 2.84 bits per heavy atom. The largest absolute Gasteiger partial charge is 0.350 e. The number of amides is 1. The molecular weight excluding hydrogens is 420 g/mol. The third kappa shape index (κ3) is 3.86. The standard InChI is InChI=1S/C24H26N6OS/c1-3-18-20(29-14-16(2)27-15-29)13-25-22-21(18)32-24(28-22)30-11-7-10-19(30)23(31)26-12-17-8-5-4-6-9-17/h4-6,8-9,13-15,19H,3,7,10-12H2,1-2H3,(H,26,31)/t19-/m1/s1. The van der Waals surface area contributed by atoms with Gasteiger partial charge in [0.2, 0.25) is 5.91 Å². The Kier molecular flexibility index (Phi) is 5.61. The Hall–Kier alpha value is -3.26. The van der Waals surface area contributed by atoms with E-state index >= 15 is 0 Å². The summed E-state index contributed by atoms with van der Waals surface area (Å²) in [5.74, 6) is 0.0591.